The Kier molecular flexibility index (Phi) is 6.74. The predicted molar refractivity (Wildman–Crippen MR) is 151 cm³/mol. The van der Waals surface area contributed by atoms with Crippen LogP contribution in [-0.2, 0) is 13.0 Å². The molecule has 0 aliphatic carbocycles. The molecule has 1 saturated heterocycles. The van der Waals surface area contributed by atoms with Gasteiger partial charge in [0.05, 0.1) is 6.26 Å². The molecule has 0 radical (unpaired) electrons. The Bertz CT molecular complexity index is 1650. The molecule has 9 nitrogen and oxygen atoms in total. The molecular weight excluding hydrogens is 490 g/mol. The van der Waals surface area contributed by atoms with Crippen LogP contribution in [0.2, 0.25) is 0 Å². The summed E-state index contributed by atoms with van der Waals surface area (Å²) in [5.74, 6) is 1.38. The number of nitrogens with one attached hydrogen (secondary N) is 1. The number of rotatable bonds is 7. The summed E-state index contributed by atoms with van der Waals surface area (Å²) in [7, 11) is 0. The van der Waals surface area contributed by atoms with Gasteiger partial charge in [-0.25, -0.2) is 4.68 Å². The van der Waals surface area contributed by atoms with Crippen LogP contribution in [0.5, 0.6) is 0 Å². The van der Waals surface area contributed by atoms with E-state index in [4.69, 9.17) is 4.42 Å². The molecule has 9 heteroatoms. The number of pyridine rings is 1. The number of aryl methyl sites for hydroxylation is 3. The zero-order valence-electron chi connectivity index (χ0n) is 22.6. The Morgan fingerprint density at radius 2 is 1.87 bits per heavy atom. The minimum absolute atomic E-state index is 0.124. The first-order valence-corrected chi connectivity index (χ1v) is 13.5. The maximum Gasteiger partial charge on any atom is 0.253 e. The Morgan fingerprint density at radius 1 is 1.03 bits per heavy atom. The van der Waals surface area contributed by atoms with Gasteiger partial charge in [-0.15, -0.1) is 5.10 Å². The van der Waals surface area contributed by atoms with Gasteiger partial charge < -0.3 is 14.3 Å². The van der Waals surface area contributed by atoms with E-state index >= 15 is 0 Å². The van der Waals surface area contributed by atoms with Crippen LogP contribution in [0.4, 0.5) is 5.69 Å². The largest absolute Gasteiger partial charge is 0.467 e. The van der Waals surface area contributed by atoms with Crippen LogP contribution in [0.3, 0.4) is 0 Å². The molecule has 1 aliphatic rings. The lowest BCUT2D eigenvalue weighted by atomic mass is 10.0. The molecule has 39 heavy (non-hydrogen) atoms. The van der Waals surface area contributed by atoms with Crippen LogP contribution in [0.1, 0.15) is 46.8 Å². The maximum absolute atomic E-state index is 13.6. The predicted octanol–water partition coefficient (Wildman–Crippen LogP) is 4.25. The van der Waals surface area contributed by atoms with E-state index in [1.807, 2.05) is 24.3 Å². The molecule has 6 rings (SSSR count). The molecule has 1 aliphatic heterocycles. The fourth-order valence-electron chi connectivity index (χ4n) is 5.55. The van der Waals surface area contributed by atoms with E-state index in [0.717, 1.165) is 49.3 Å². The molecule has 3 aromatic heterocycles. The van der Waals surface area contributed by atoms with Crippen molar-refractivity contribution in [3.05, 3.63) is 105 Å². The Morgan fingerprint density at radius 3 is 2.64 bits per heavy atom. The Labute approximate surface area is 227 Å². The van der Waals surface area contributed by atoms with Crippen molar-refractivity contribution in [2.24, 2.45) is 0 Å². The standard InChI is InChI=1S/C30H33N7O2/c1-4-22-9-10-26-23(17-22)18-25(30(38)31-26)28(29-32-33-34-37(29)19-24-6-5-15-39-24)36-13-11-35(12-14-36)27-16-20(2)7-8-21(27)3/h5-10,15-18,28H,4,11-14,19H2,1-3H3,(H,31,38). The van der Waals surface area contributed by atoms with Crippen molar-refractivity contribution in [2.75, 3.05) is 31.1 Å². The number of fused-ring (bicyclic) bond motifs is 1. The highest BCUT2D eigenvalue weighted by Gasteiger charge is 2.33. The fraction of sp³-hybridized carbons (Fsp3) is 0.333. The number of hydrogen-bond acceptors (Lipinski definition) is 7. The first-order chi connectivity index (χ1) is 19.0. The van der Waals surface area contributed by atoms with Gasteiger partial charge in [-0.3, -0.25) is 9.69 Å². The normalized spacial score (nSPS) is 15.2. The van der Waals surface area contributed by atoms with Gasteiger partial charge in [0.25, 0.3) is 5.56 Å². The van der Waals surface area contributed by atoms with Crippen LogP contribution < -0.4 is 10.5 Å². The number of tetrazole rings is 1. The van der Waals surface area contributed by atoms with Crippen molar-refractivity contribution in [1.29, 1.82) is 0 Å². The molecule has 5 aromatic rings. The van der Waals surface area contributed by atoms with E-state index in [2.05, 4.69) is 81.4 Å². The minimum atomic E-state index is -0.408. The van der Waals surface area contributed by atoms with Gasteiger partial charge in [0.1, 0.15) is 18.3 Å². The van der Waals surface area contributed by atoms with E-state index in [0.29, 0.717) is 17.9 Å². The summed E-state index contributed by atoms with van der Waals surface area (Å²) in [5, 5.41) is 13.8. The van der Waals surface area contributed by atoms with Crippen LogP contribution in [0, 0.1) is 13.8 Å². The van der Waals surface area contributed by atoms with Gasteiger partial charge in [0.2, 0.25) is 0 Å². The molecule has 4 heterocycles. The van der Waals surface area contributed by atoms with Crippen molar-refractivity contribution in [1.82, 2.24) is 30.1 Å². The second kappa shape index (κ2) is 10.5. The third kappa shape index (κ3) is 4.97. The van der Waals surface area contributed by atoms with Gasteiger partial charge in [0.15, 0.2) is 5.82 Å². The monoisotopic (exact) mass is 523 g/mol. The molecule has 2 aromatic carbocycles. The highest BCUT2D eigenvalue weighted by Crippen LogP contribution is 2.30. The average Bonchev–Trinajstić information content (AvgIpc) is 3.63. The van der Waals surface area contributed by atoms with Crippen molar-refractivity contribution in [2.45, 2.75) is 39.8 Å². The lowest BCUT2D eigenvalue weighted by Gasteiger charge is -2.40. The summed E-state index contributed by atoms with van der Waals surface area (Å²) in [5.41, 5.74) is 6.36. The molecule has 1 N–H and O–H groups in total. The average molecular weight is 524 g/mol. The SMILES string of the molecule is CCc1ccc2[nH]c(=O)c(C(c3nnnn3Cc3ccco3)N3CCN(c4cc(C)ccc4C)CC3)cc2c1. The molecule has 0 spiro atoms. The molecule has 0 saturated carbocycles. The van der Waals surface area contributed by atoms with E-state index in [-0.39, 0.29) is 5.56 Å². The van der Waals surface area contributed by atoms with Gasteiger partial charge in [-0.2, -0.15) is 0 Å². The molecule has 0 bridgehead atoms. The Hall–Kier alpha value is -4.24. The first-order valence-electron chi connectivity index (χ1n) is 13.5. The van der Waals surface area contributed by atoms with E-state index < -0.39 is 6.04 Å². The van der Waals surface area contributed by atoms with Crippen molar-refractivity contribution in [3.8, 4) is 0 Å². The van der Waals surface area contributed by atoms with Gasteiger partial charge in [0, 0.05) is 42.9 Å². The van der Waals surface area contributed by atoms with E-state index in [1.54, 1.807) is 10.9 Å². The van der Waals surface area contributed by atoms with Gasteiger partial charge in [-0.1, -0.05) is 25.1 Å². The molecular formula is C30H33N7O2. The number of hydrogen-bond donors (Lipinski definition) is 1. The topological polar surface area (TPSA) is 96.1 Å². The number of benzene rings is 2. The molecule has 0 amide bonds. The van der Waals surface area contributed by atoms with Crippen LogP contribution in [-0.4, -0.2) is 56.3 Å². The van der Waals surface area contributed by atoms with Crippen LogP contribution in [0.25, 0.3) is 10.9 Å². The lowest BCUT2D eigenvalue weighted by Crippen LogP contribution is -2.49. The zero-order chi connectivity index (χ0) is 26.9. The Balaban J connectivity index is 1.39. The third-order valence-corrected chi connectivity index (χ3v) is 7.71. The number of piperazine rings is 1. The number of H-pyrrole nitrogens is 1. The summed E-state index contributed by atoms with van der Waals surface area (Å²) in [6, 6.07) is 18.1. The number of nitrogens with zero attached hydrogens (tertiary/aromatic N) is 6. The summed E-state index contributed by atoms with van der Waals surface area (Å²) >= 11 is 0. The molecule has 1 atom stereocenters. The van der Waals surface area contributed by atoms with Crippen LogP contribution >= 0.6 is 0 Å². The van der Waals surface area contributed by atoms with Crippen molar-refractivity contribution < 1.29 is 4.42 Å². The summed E-state index contributed by atoms with van der Waals surface area (Å²) in [4.78, 5) is 21.4. The van der Waals surface area contributed by atoms with E-state index in [9.17, 15) is 4.79 Å². The van der Waals surface area contributed by atoms with Gasteiger partial charge >= 0.3 is 0 Å². The quantitative estimate of drug-likeness (QED) is 0.341. The van der Waals surface area contributed by atoms with Gasteiger partial charge in [-0.05, 0) is 89.2 Å². The van der Waals surface area contributed by atoms with Crippen molar-refractivity contribution >= 4 is 16.6 Å². The smallest absolute Gasteiger partial charge is 0.253 e. The second-order valence-corrected chi connectivity index (χ2v) is 10.3. The number of anilines is 1. The highest BCUT2D eigenvalue weighted by molar-refractivity contribution is 5.80. The number of aromatic amines is 1. The lowest BCUT2D eigenvalue weighted by molar-refractivity contribution is 0.200. The van der Waals surface area contributed by atoms with Crippen molar-refractivity contribution in [3.63, 3.8) is 0 Å². The first kappa shape index (κ1) is 25.1. The second-order valence-electron chi connectivity index (χ2n) is 10.3. The number of furan rings is 1. The molecule has 1 fully saturated rings. The fourth-order valence-corrected chi connectivity index (χ4v) is 5.55. The highest BCUT2D eigenvalue weighted by atomic mass is 16.3. The summed E-state index contributed by atoms with van der Waals surface area (Å²) < 4.78 is 7.32. The third-order valence-electron chi connectivity index (χ3n) is 7.71. The van der Waals surface area contributed by atoms with Crippen LogP contribution in [0.15, 0.2) is 70.1 Å². The zero-order valence-corrected chi connectivity index (χ0v) is 22.6. The van der Waals surface area contributed by atoms with E-state index in [1.165, 1.54) is 22.4 Å². The molecule has 1 unspecified atom stereocenters. The summed E-state index contributed by atoms with van der Waals surface area (Å²) in [6.07, 6.45) is 2.57. The number of aromatic nitrogens is 5. The minimum Gasteiger partial charge on any atom is -0.467 e. The summed E-state index contributed by atoms with van der Waals surface area (Å²) in [6.45, 7) is 10.0. The molecule has 200 valence electrons. The maximum atomic E-state index is 13.6.